The van der Waals surface area contributed by atoms with Gasteiger partial charge in [0.15, 0.2) is 0 Å². The van der Waals surface area contributed by atoms with Crippen LogP contribution in [0.3, 0.4) is 0 Å². The number of para-hydroxylation sites is 2. The van der Waals surface area contributed by atoms with Crippen molar-refractivity contribution in [2.24, 2.45) is 5.73 Å². The van der Waals surface area contributed by atoms with Gasteiger partial charge in [0, 0.05) is 23.0 Å². The zero-order chi connectivity index (χ0) is 19.5. The van der Waals surface area contributed by atoms with Crippen LogP contribution < -0.4 is 16.4 Å². The molecule has 0 bridgehead atoms. The van der Waals surface area contributed by atoms with Gasteiger partial charge in [0.2, 0.25) is 0 Å². The monoisotopic (exact) mass is 369 g/mol. The Morgan fingerprint density at radius 2 is 1.71 bits per heavy atom. The van der Waals surface area contributed by atoms with Crippen molar-refractivity contribution in [2.45, 2.75) is 18.9 Å². The highest BCUT2D eigenvalue weighted by molar-refractivity contribution is 5.61. The third kappa shape index (κ3) is 3.88. The summed E-state index contributed by atoms with van der Waals surface area (Å²) in [4.78, 5) is 0. The summed E-state index contributed by atoms with van der Waals surface area (Å²) in [6.45, 7) is 4.20. The number of nitrogens with one attached hydrogen (secondary N) is 2. The summed E-state index contributed by atoms with van der Waals surface area (Å²) in [5.74, 6) is 0.174. The molecule has 0 amide bonds. The SMILES string of the molecule is C=C(NC1Cc2ccccc2C1)C1=CC(N)=CC(Nc2ccccc2O)=C=C1. The third-order valence-electron chi connectivity index (χ3n) is 4.97. The average Bonchev–Trinajstić information content (AvgIpc) is 2.98. The average molecular weight is 369 g/mol. The van der Waals surface area contributed by atoms with Gasteiger partial charge in [-0.2, -0.15) is 0 Å². The van der Waals surface area contributed by atoms with Crippen molar-refractivity contribution in [3.8, 4) is 5.75 Å². The van der Waals surface area contributed by atoms with Crippen LogP contribution in [0.4, 0.5) is 5.69 Å². The summed E-state index contributed by atoms with van der Waals surface area (Å²) >= 11 is 0. The van der Waals surface area contributed by atoms with Crippen molar-refractivity contribution in [2.75, 3.05) is 5.32 Å². The van der Waals surface area contributed by atoms with Gasteiger partial charge in [-0.25, -0.2) is 0 Å². The third-order valence-corrected chi connectivity index (χ3v) is 4.97. The highest BCUT2D eigenvalue weighted by atomic mass is 16.3. The highest BCUT2D eigenvalue weighted by Gasteiger charge is 2.21. The highest BCUT2D eigenvalue weighted by Crippen LogP contribution is 2.25. The molecule has 28 heavy (non-hydrogen) atoms. The summed E-state index contributed by atoms with van der Waals surface area (Å²) in [6, 6.07) is 15.9. The minimum Gasteiger partial charge on any atom is -0.506 e. The number of phenolic OH excluding ortho intramolecular Hbond substituents is 1. The van der Waals surface area contributed by atoms with Crippen LogP contribution in [0.15, 0.2) is 102 Å². The molecule has 2 aliphatic carbocycles. The van der Waals surface area contributed by atoms with Crippen LogP contribution in [-0.2, 0) is 12.8 Å². The van der Waals surface area contributed by atoms with E-state index in [9.17, 15) is 5.11 Å². The number of aromatic hydroxyl groups is 1. The molecule has 0 unspecified atom stereocenters. The van der Waals surface area contributed by atoms with E-state index in [0.29, 0.717) is 23.1 Å². The van der Waals surface area contributed by atoms with Crippen LogP contribution in [0.2, 0.25) is 0 Å². The van der Waals surface area contributed by atoms with Crippen molar-refractivity contribution in [1.29, 1.82) is 0 Å². The maximum atomic E-state index is 9.95. The second-order valence-electron chi connectivity index (χ2n) is 7.09. The number of rotatable bonds is 5. The van der Waals surface area contributed by atoms with E-state index in [1.54, 1.807) is 24.3 Å². The Morgan fingerprint density at radius 3 is 2.43 bits per heavy atom. The summed E-state index contributed by atoms with van der Waals surface area (Å²) in [7, 11) is 0. The number of allylic oxidation sites excluding steroid dienone is 2. The second-order valence-corrected chi connectivity index (χ2v) is 7.09. The maximum Gasteiger partial charge on any atom is 0.139 e. The Hall–Kier alpha value is -3.62. The van der Waals surface area contributed by atoms with Crippen LogP contribution in [-0.4, -0.2) is 11.1 Å². The van der Waals surface area contributed by atoms with Crippen LogP contribution in [0, 0.1) is 0 Å². The molecular formula is C24H23N3O. The van der Waals surface area contributed by atoms with Crippen LogP contribution >= 0.6 is 0 Å². The van der Waals surface area contributed by atoms with Crippen molar-refractivity contribution in [1.82, 2.24) is 5.32 Å². The summed E-state index contributed by atoms with van der Waals surface area (Å²) in [6.07, 6.45) is 7.51. The van der Waals surface area contributed by atoms with E-state index in [0.717, 1.165) is 24.1 Å². The summed E-state index contributed by atoms with van der Waals surface area (Å²) < 4.78 is 0. The van der Waals surface area contributed by atoms with Gasteiger partial charge in [0.25, 0.3) is 0 Å². The molecule has 2 aliphatic rings. The summed E-state index contributed by atoms with van der Waals surface area (Å²) in [5.41, 5.74) is 15.7. The number of hydrogen-bond donors (Lipinski definition) is 4. The molecule has 2 aromatic carbocycles. The van der Waals surface area contributed by atoms with Gasteiger partial charge in [-0.15, -0.1) is 0 Å². The van der Waals surface area contributed by atoms with Gasteiger partial charge in [-0.05, 0) is 54.3 Å². The first-order valence-corrected chi connectivity index (χ1v) is 9.31. The number of nitrogens with two attached hydrogens (primary N) is 1. The molecule has 0 aromatic heterocycles. The summed E-state index contributed by atoms with van der Waals surface area (Å²) in [5, 5.41) is 16.6. The van der Waals surface area contributed by atoms with Crippen molar-refractivity contribution < 1.29 is 5.11 Å². The molecule has 0 aliphatic heterocycles. The van der Waals surface area contributed by atoms with E-state index in [1.807, 2.05) is 18.2 Å². The molecule has 0 radical (unpaired) electrons. The molecule has 0 atom stereocenters. The standard InChI is InChI=1S/C24H23N3O/c1-16(26-22-13-18-6-2-3-7-19(18)14-22)17-10-11-21(15-20(25)12-17)27-23-8-4-5-9-24(23)28/h2-10,12,15,22,26-28H,1,13-14,25H2. The van der Waals surface area contributed by atoms with E-state index >= 15 is 0 Å². The number of hydrogen-bond acceptors (Lipinski definition) is 4. The first-order valence-electron chi connectivity index (χ1n) is 9.31. The molecule has 0 saturated carbocycles. The van der Waals surface area contributed by atoms with Crippen molar-refractivity contribution in [3.63, 3.8) is 0 Å². The lowest BCUT2D eigenvalue weighted by Gasteiger charge is -2.16. The molecule has 0 saturated heterocycles. The first kappa shape index (κ1) is 17.8. The maximum absolute atomic E-state index is 9.95. The Labute approximate surface area is 165 Å². The molecule has 2 aromatic rings. The van der Waals surface area contributed by atoms with E-state index in [1.165, 1.54) is 11.1 Å². The predicted octanol–water partition coefficient (Wildman–Crippen LogP) is 3.90. The molecule has 4 nitrogen and oxygen atoms in total. The first-order chi connectivity index (χ1) is 13.6. The van der Waals surface area contributed by atoms with Crippen molar-refractivity contribution >= 4 is 5.69 Å². The van der Waals surface area contributed by atoms with Gasteiger partial charge >= 0.3 is 0 Å². The number of fused-ring (bicyclic) bond motifs is 1. The second kappa shape index (κ2) is 7.55. The van der Waals surface area contributed by atoms with Gasteiger partial charge in [0.05, 0.1) is 11.4 Å². The Balaban J connectivity index is 1.48. The van der Waals surface area contributed by atoms with Gasteiger partial charge in [-0.1, -0.05) is 48.7 Å². The Bertz CT molecular complexity index is 1030. The Morgan fingerprint density at radius 1 is 1.04 bits per heavy atom. The molecule has 140 valence electrons. The topological polar surface area (TPSA) is 70.3 Å². The van der Waals surface area contributed by atoms with E-state index in [2.05, 4.69) is 47.2 Å². The predicted molar refractivity (Wildman–Crippen MR) is 114 cm³/mol. The van der Waals surface area contributed by atoms with Gasteiger partial charge < -0.3 is 21.5 Å². The fourth-order valence-electron chi connectivity index (χ4n) is 3.59. The van der Waals surface area contributed by atoms with E-state index in [4.69, 9.17) is 5.73 Å². The van der Waals surface area contributed by atoms with Gasteiger partial charge in [-0.3, -0.25) is 0 Å². The minimum atomic E-state index is 0.174. The fourth-order valence-corrected chi connectivity index (χ4v) is 3.59. The number of benzene rings is 2. The van der Waals surface area contributed by atoms with Gasteiger partial charge in [0.1, 0.15) is 5.75 Å². The van der Waals surface area contributed by atoms with Crippen LogP contribution in [0.1, 0.15) is 11.1 Å². The molecule has 4 heteroatoms. The Kier molecular flexibility index (Phi) is 4.79. The lowest BCUT2D eigenvalue weighted by Crippen LogP contribution is -2.29. The van der Waals surface area contributed by atoms with Crippen molar-refractivity contribution in [3.05, 3.63) is 113 Å². The van der Waals surface area contributed by atoms with Crippen LogP contribution in [0.5, 0.6) is 5.75 Å². The quantitative estimate of drug-likeness (QED) is 0.477. The zero-order valence-corrected chi connectivity index (χ0v) is 15.6. The van der Waals surface area contributed by atoms with E-state index < -0.39 is 0 Å². The molecule has 0 fully saturated rings. The van der Waals surface area contributed by atoms with E-state index in [-0.39, 0.29) is 5.75 Å². The minimum absolute atomic E-state index is 0.174. The molecular weight excluding hydrogens is 346 g/mol. The molecule has 4 rings (SSSR count). The molecule has 0 heterocycles. The number of phenols is 1. The largest absolute Gasteiger partial charge is 0.506 e. The lowest BCUT2D eigenvalue weighted by molar-refractivity contribution is 0.477. The molecule has 5 N–H and O–H groups in total. The zero-order valence-electron chi connectivity index (χ0n) is 15.6. The van der Waals surface area contributed by atoms with Crippen LogP contribution in [0.25, 0.3) is 0 Å². The molecule has 0 spiro atoms. The lowest BCUT2D eigenvalue weighted by atomic mass is 10.1. The number of anilines is 1. The fraction of sp³-hybridized carbons (Fsp3) is 0.125. The smallest absolute Gasteiger partial charge is 0.139 e. The normalized spacial score (nSPS) is 15.8.